The molecule has 0 spiro atoms. The van der Waals surface area contributed by atoms with Crippen molar-refractivity contribution in [3.8, 4) is 17.0 Å². The number of aromatic nitrogens is 2. The molecule has 3 heterocycles. The van der Waals surface area contributed by atoms with Gasteiger partial charge in [-0.3, -0.25) is 0 Å². The van der Waals surface area contributed by atoms with Crippen LogP contribution in [0.15, 0.2) is 48.8 Å². The number of nitrogens with zero attached hydrogens (tertiary/aromatic N) is 3. The third kappa shape index (κ3) is 3.02. The molecule has 3 aromatic rings. The Balaban J connectivity index is 1.60. The molecule has 0 atom stereocenters. The van der Waals surface area contributed by atoms with E-state index in [1.165, 1.54) is 12.1 Å². The van der Waals surface area contributed by atoms with Crippen molar-refractivity contribution in [2.75, 3.05) is 29.0 Å². The van der Waals surface area contributed by atoms with E-state index in [4.69, 9.17) is 9.72 Å². The standard InChI is InChI=1S/C18H18IN3O/c19-7-11-23-16-4-2-14(3-5-16)17-13-22-10-6-15(12-18(22)20-17)21-8-1-9-21/h2-6,10,12-13H,1,7-9,11H2. The van der Waals surface area contributed by atoms with Crippen molar-refractivity contribution in [1.82, 2.24) is 9.38 Å². The van der Waals surface area contributed by atoms with E-state index in [0.29, 0.717) is 0 Å². The topological polar surface area (TPSA) is 29.8 Å². The predicted molar refractivity (Wildman–Crippen MR) is 102 cm³/mol. The minimum absolute atomic E-state index is 0.744. The van der Waals surface area contributed by atoms with Gasteiger partial charge in [0, 0.05) is 47.2 Å². The Kier molecular flexibility index (Phi) is 4.11. The van der Waals surface area contributed by atoms with Crippen molar-refractivity contribution in [2.45, 2.75) is 6.42 Å². The summed E-state index contributed by atoms with van der Waals surface area (Å²) in [6.45, 7) is 3.05. The molecule has 4 rings (SSSR count). The fraction of sp³-hybridized carbons (Fsp3) is 0.278. The number of ether oxygens (including phenoxy) is 1. The van der Waals surface area contributed by atoms with Crippen LogP contribution in [-0.2, 0) is 0 Å². The van der Waals surface area contributed by atoms with Gasteiger partial charge < -0.3 is 14.0 Å². The molecule has 0 N–H and O–H groups in total. The largest absolute Gasteiger partial charge is 0.493 e. The summed E-state index contributed by atoms with van der Waals surface area (Å²) in [5.74, 6) is 0.911. The zero-order valence-electron chi connectivity index (χ0n) is 12.8. The number of hydrogen-bond acceptors (Lipinski definition) is 3. The molecule has 0 amide bonds. The van der Waals surface area contributed by atoms with Gasteiger partial charge in [0.2, 0.25) is 0 Å². The van der Waals surface area contributed by atoms with Crippen LogP contribution in [0.4, 0.5) is 5.69 Å². The van der Waals surface area contributed by atoms with Crippen molar-refractivity contribution >= 4 is 33.9 Å². The molecule has 2 aromatic heterocycles. The van der Waals surface area contributed by atoms with E-state index in [2.05, 4.69) is 68.6 Å². The molecule has 23 heavy (non-hydrogen) atoms. The molecule has 0 saturated carbocycles. The van der Waals surface area contributed by atoms with E-state index in [1.54, 1.807) is 0 Å². The maximum Gasteiger partial charge on any atom is 0.139 e. The zero-order valence-corrected chi connectivity index (χ0v) is 14.9. The number of rotatable bonds is 5. The molecule has 0 radical (unpaired) electrons. The highest BCUT2D eigenvalue weighted by Crippen LogP contribution is 2.25. The molecule has 0 unspecified atom stereocenters. The summed E-state index contributed by atoms with van der Waals surface area (Å²) in [7, 11) is 0. The summed E-state index contributed by atoms with van der Waals surface area (Å²) in [6, 6.07) is 12.5. The lowest BCUT2D eigenvalue weighted by Gasteiger charge is -2.33. The fourth-order valence-electron chi connectivity index (χ4n) is 2.76. The van der Waals surface area contributed by atoms with Crippen molar-refractivity contribution < 1.29 is 4.74 Å². The zero-order chi connectivity index (χ0) is 15.6. The second-order valence-corrected chi connectivity index (χ2v) is 6.76. The van der Waals surface area contributed by atoms with Crippen molar-refractivity contribution in [3.05, 3.63) is 48.8 Å². The summed E-state index contributed by atoms with van der Waals surface area (Å²) in [6.07, 6.45) is 5.46. The highest BCUT2D eigenvalue weighted by atomic mass is 127. The average Bonchev–Trinajstić information content (AvgIpc) is 2.95. The van der Waals surface area contributed by atoms with Gasteiger partial charge in [0.25, 0.3) is 0 Å². The first-order valence-electron chi connectivity index (χ1n) is 7.86. The van der Waals surface area contributed by atoms with E-state index in [-0.39, 0.29) is 0 Å². The van der Waals surface area contributed by atoms with Gasteiger partial charge in [-0.2, -0.15) is 0 Å². The molecule has 1 aliphatic rings. The second-order valence-electron chi connectivity index (χ2n) is 5.68. The molecule has 5 heteroatoms. The molecule has 0 bridgehead atoms. The molecular formula is C18H18IN3O. The highest BCUT2D eigenvalue weighted by molar-refractivity contribution is 14.1. The summed E-state index contributed by atoms with van der Waals surface area (Å²) < 4.78 is 8.70. The van der Waals surface area contributed by atoms with Gasteiger partial charge in [0.1, 0.15) is 11.4 Å². The average molecular weight is 419 g/mol. The highest BCUT2D eigenvalue weighted by Gasteiger charge is 2.15. The Hall–Kier alpha value is -1.76. The third-order valence-electron chi connectivity index (χ3n) is 4.16. The Morgan fingerprint density at radius 1 is 1.13 bits per heavy atom. The fourth-order valence-corrected chi connectivity index (χ4v) is 2.98. The first kappa shape index (κ1) is 14.8. The molecule has 1 aromatic carbocycles. The molecule has 0 aliphatic carbocycles. The van der Waals surface area contributed by atoms with Crippen LogP contribution in [0.2, 0.25) is 0 Å². The van der Waals surface area contributed by atoms with E-state index in [9.17, 15) is 0 Å². The quantitative estimate of drug-likeness (QED) is 0.462. The van der Waals surface area contributed by atoms with Gasteiger partial charge >= 0.3 is 0 Å². The van der Waals surface area contributed by atoms with Crippen LogP contribution in [0, 0.1) is 0 Å². The predicted octanol–water partition coefficient (Wildman–Crippen LogP) is 4.03. The van der Waals surface area contributed by atoms with Gasteiger partial charge in [-0.15, -0.1) is 0 Å². The SMILES string of the molecule is ICCOc1ccc(-c2cn3ccc(N4CCC4)cc3n2)cc1. The van der Waals surface area contributed by atoms with Crippen LogP contribution >= 0.6 is 22.6 Å². The number of halogens is 1. The number of imidazole rings is 1. The van der Waals surface area contributed by atoms with E-state index in [1.807, 2.05) is 12.1 Å². The number of pyridine rings is 1. The normalized spacial score (nSPS) is 14.0. The first-order chi connectivity index (χ1) is 11.3. The van der Waals surface area contributed by atoms with Gasteiger partial charge in [-0.25, -0.2) is 4.98 Å². The molecular weight excluding hydrogens is 401 g/mol. The van der Waals surface area contributed by atoms with Gasteiger partial charge in [0.05, 0.1) is 12.3 Å². The Morgan fingerprint density at radius 2 is 1.96 bits per heavy atom. The monoisotopic (exact) mass is 419 g/mol. The van der Waals surface area contributed by atoms with Gasteiger partial charge in [0.15, 0.2) is 0 Å². The lowest BCUT2D eigenvalue weighted by molar-refractivity contribution is 0.346. The van der Waals surface area contributed by atoms with Crippen LogP contribution in [-0.4, -0.2) is 33.5 Å². The minimum atomic E-state index is 0.744. The Morgan fingerprint density at radius 3 is 2.65 bits per heavy atom. The minimum Gasteiger partial charge on any atom is -0.493 e. The molecule has 1 fully saturated rings. The maximum atomic E-state index is 5.63. The van der Waals surface area contributed by atoms with E-state index in [0.717, 1.165) is 46.8 Å². The first-order valence-corrected chi connectivity index (χ1v) is 9.39. The Bertz CT molecular complexity index is 809. The van der Waals surface area contributed by atoms with Gasteiger partial charge in [-0.05, 0) is 36.8 Å². The number of anilines is 1. The second kappa shape index (κ2) is 6.39. The van der Waals surface area contributed by atoms with Crippen LogP contribution in [0.3, 0.4) is 0 Å². The smallest absolute Gasteiger partial charge is 0.139 e. The molecule has 4 nitrogen and oxygen atoms in total. The number of alkyl halides is 1. The lowest BCUT2D eigenvalue weighted by atomic mass is 10.2. The van der Waals surface area contributed by atoms with Crippen LogP contribution in [0.25, 0.3) is 16.9 Å². The van der Waals surface area contributed by atoms with E-state index >= 15 is 0 Å². The summed E-state index contributed by atoms with van der Waals surface area (Å²) in [4.78, 5) is 7.15. The third-order valence-corrected chi connectivity index (χ3v) is 4.60. The summed E-state index contributed by atoms with van der Waals surface area (Å²) in [5.41, 5.74) is 4.37. The molecule has 1 saturated heterocycles. The van der Waals surface area contributed by atoms with Crippen LogP contribution < -0.4 is 9.64 Å². The lowest BCUT2D eigenvalue weighted by Crippen LogP contribution is -2.36. The molecule has 1 aliphatic heterocycles. The number of benzene rings is 1. The Labute approximate surface area is 149 Å². The van der Waals surface area contributed by atoms with Crippen LogP contribution in [0.5, 0.6) is 5.75 Å². The maximum absolute atomic E-state index is 5.63. The van der Waals surface area contributed by atoms with E-state index < -0.39 is 0 Å². The summed E-state index contributed by atoms with van der Waals surface area (Å²) in [5, 5.41) is 0. The van der Waals surface area contributed by atoms with Crippen molar-refractivity contribution in [1.29, 1.82) is 0 Å². The summed E-state index contributed by atoms with van der Waals surface area (Å²) >= 11 is 2.31. The number of fused-ring (bicyclic) bond motifs is 1. The van der Waals surface area contributed by atoms with Gasteiger partial charge in [-0.1, -0.05) is 22.6 Å². The molecule has 118 valence electrons. The van der Waals surface area contributed by atoms with Crippen molar-refractivity contribution in [3.63, 3.8) is 0 Å². The van der Waals surface area contributed by atoms with Crippen molar-refractivity contribution in [2.24, 2.45) is 0 Å². The van der Waals surface area contributed by atoms with Crippen LogP contribution in [0.1, 0.15) is 6.42 Å². The number of hydrogen-bond donors (Lipinski definition) is 0.